The summed E-state index contributed by atoms with van der Waals surface area (Å²) in [5, 5.41) is 10.6. The van der Waals surface area contributed by atoms with E-state index in [4.69, 9.17) is 5.73 Å². The maximum Gasteiger partial charge on any atom is 0.293 e. The standard InChI is InChI=1S/C13H14N2O3/c14-13(16)9-4-2-1-3-6-11-7-5-8-12(10-11)15(17)18/h5,7-8,10H,1-3,6H2,(H2,14,16). The summed E-state index contributed by atoms with van der Waals surface area (Å²) in [6.45, 7) is 0. The SMILES string of the molecule is NC(=O)C#CCCCCc1cccc([N+](=O)[O-])c1. The van der Waals surface area contributed by atoms with E-state index in [1.165, 1.54) is 6.07 Å². The zero-order chi connectivity index (χ0) is 13.4. The summed E-state index contributed by atoms with van der Waals surface area (Å²) in [6.07, 6.45) is 3.08. The molecule has 0 fully saturated rings. The van der Waals surface area contributed by atoms with Gasteiger partial charge in [-0.2, -0.15) is 0 Å². The van der Waals surface area contributed by atoms with Crippen LogP contribution in [0, 0.1) is 22.0 Å². The van der Waals surface area contributed by atoms with Crippen molar-refractivity contribution in [2.45, 2.75) is 25.7 Å². The summed E-state index contributed by atoms with van der Waals surface area (Å²) in [4.78, 5) is 20.5. The minimum absolute atomic E-state index is 0.112. The molecular weight excluding hydrogens is 232 g/mol. The molecule has 5 heteroatoms. The topological polar surface area (TPSA) is 86.2 Å². The maximum atomic E-state index is 10.6. The molecule has 0 radical (unpaired) electrons. The highest BCUT2D eigenvalue weighted by atomic mass is 16.6. The summed E-state index contributed by atoms with van der Waals surface area (Å²) in [6, 6.07) is 6.60. The van der Waals surface area contributed by atoms with Crippen LogP contribution in [0.15, 0.2) is 24.3 Å². The second-order valence-corrected chi connectivity index (χ2v) is 3.80. The zero-order valence-electron chi connectivity index (χ0n) is 9.89. The third kappa shape index (κ3) is 5.12. The van der Waals surface area contributed by atoms with E-state index in [0.29, 0.717) is 6.42 Å². The van der Waals surface area contributed by atoms with E-state index in [1.54, 1.807) is 12.1 Å². The summed E-state index contributed by atoms with van der Waals surface area (Å²) >= 11 is 0. The van der Waals surface area contributed by atoms with Crippen LogP contribution in [-0.2, 0) is 11.2 Å². The Labute approximate surface area is 105 Å². The lowest BCUT2D eigenvalue weighted by molar-refractivity contribution is -0.384. The predicted octanol–water partition coefficient (Wildman–Crippen LogP) is 1.80. The number of benzene rings is 1. The molecule has 94 valence electrons. The van der Waals surface area contributed by atoms with Crippen molar-refractivity contribution in [2.75, 3.05) is 0 Å². The van der Waals surface area contributed by atoms with Crippen LogP contribution in [0.4, 0.5) is 5.69 Å². The van der Waals surface area contributed by atoms with Gasteiger partial charge in [0.1, 0.15) is 0 Å². The van der Waals surface area contributed by atoms with E-state index in [9.17, 15) is 14.9 Å². The number of nitro groups is 1. The number of primary amides is 1. The Balaban J connectivity index is 2.36. The number of hydrogen-bond acceptors (Lipinski definition) is 3. The van der Waals surface area contributed by atoms with Gasteiger partial charge in [0.15, 0.2) is 0 Å². The van der Waals surface area contributed by atoms with Gasteiger partial charge in [-0.15, -0.1) is 0 Å². The molecule has 0 spiro atoms. The lowest BCUT2D eigenvalue weighted by atomic mass is 10.1. The number of amides is 1. The van der Waals surface area contributed by atoms with Gasteiger partial charge in [-0.1, -0.05) is 18.1 Å². The Hall–Kier alpha value is -2.35. The molecule has 0 heterocycles. The molecule has 5 nitrogen and oxygen atoms in total. The third-order valence-corrected chi connectivity index (χ3v) is 2.35. The molecular formula is C13H14N2O3. The van der Waals surface area contributed by atoms with Crippen LogP contribution in [0.2, 0.25) is 0 Å². The van der Waals surface area contributed by atoms with E-state index in [-0.39, 0.29) is 5.69 Å². The lowest BCUT2D eigenvalue weighted by Crippen LogP contribution is -2.05. The fraction of sp³-hybridized carbons (Fsp3) is 0.308. The van der Waals surface area contributed by atoms with Crippen molar-refractivity contribution in [1.29, 1.82) is 0 Å². The molecule has 0 aromatic heterocycles. The first-order valence-corrected chi connectivity index (χ1v) is 5.61. The van der Waals surface area contributed by atoms with E-state index in [2.05, 4.69) is 11.8 Å². The number of nitro benzene ring substituents is 1. The molecule has 18 heavy (non-hydrogen) atoms. The highest BCUT2D eigenvalue weighted by molar-refractivity contribution is 5.91. The molecule has 0 aliphatic rings. The molecule has 1 aromatic carbocycles. The Morgan fingerprint density at radius 2 is 2.17 bits per heavy atom. The number of hydrogen-bond donors (Lipinski definition) is 1. The monoisotopic (exact) mass is 246 g/mol. The normalized spacial score (nSPS) is 9.33. The van der Waals surface area contributed by atoms with Crippen LogP contribution in [0.5, 0.6) is 0 Å². The second kappa shape index (κ2) is 7.07. The lowest BCUT2D eigenvalue weighted by Gasteiger charge is -1.99. The smallest absolute Gasteiger partial charge is 0.293 e. The maximum absolute atomic E-state index is 10.6. The summed E-state index contributed by atoms with van der Waals surface area (Å²) < 4.78 is 0. The molecule has 0 bridgehead atoms. The summed E-state index contributed by atoms with van der Waals surface area (Å²) in [5.74, 6) is 4.32. The van der Waals surface area contributed by atoms with Crippen LogP contribution < -0.4 is 5.73 Å². The van der Waals surface area contributed by atoms with Crippen molar-refractivity contribution in [3.63, 3.8) is 0 Å². The fourth-order valence-corrected chi connectivity index (χ4v) is 1.52. The fourth-order valence-electron chi connectivity index (χ4n) is 1.52. The van der Waals surface area contributed by atoms with Crippen molar-refractivity contribution < 1.29 is 9.72 Å². The Kier molecular flexibility index (Phi) is 5.39. The van der Waals surface area contributed by atoms with Gasteiger partial charge in [-0.3, -0.25) is 14.9 Å². The number of carbonyl (C=O) groups is 1. The van der Waals surface area contributed by atoms with Crippen molar-refractivity contribution in [2.24, 2.45) is 5.73 Å². The zero-order valence-corrected chi connectivity index (χ0v) is 9.89. The van der Waals surface area contributed by atoms with E-state index >= 15 is 0 Å². The molecule has 1 aromatic rings. The third-order valence-electron chi connectivity index (χ3n) is 2.35. The van der Waals surface area contributed by atoms with E-state index in [1.807, 2.05) is 6.07 Å². The first-order valence-electron chi connectivity index (χ1n) is 5.61. The van der Waals surface area contributed by atoms with Crippen LogP contribution in [-0.4, -0.2) is 10.8 Å². The van der Waals surface area contributed by atoms with Gasteiger partial charge >= 0.3 is 0 Å². The molecule has 1 rings (SSSR count). The number of rotatable bonds is 5. The molecule has 0 unspecified atom stereocenters. The van der Waals surface area contributed by atoms with Crippen molar-refractivity contribution in [3.8, 4) is 11.8 Å². The van der Waals surface area contributed by atoms with Crippen molar-refractivity contribution in [3.05, 3.63) is 39.9 Å². The highest BCUT2D eigenvalue weighted by Crippen LogP contribution is 2.15. The Morgan fingerprint density at radius 1 is 1.39 bits per heavy atom. The number of nitrogens with zero attached hydrogens (tertiary/aromatic N) is 1. The summed E-state index contributed by atoms with van der Waals surface area (Å²) in [5.41, 5.74) is 5.92. The number of nitrogens with two attached hydrogens (primary N) is 1. The molecule has 1 amide bonds. The van der Waals surface area contributed by atoms with Crippen LogP contribution in [0.25, 0.3) is 0 Å². The average Bonchev–Trinajstić information content (AvgIpc) is 2.33. The van der Waals surface area contributed by atoms with Crippen LogP contribution in [0.1, 0.15) is 24.8 Å². The van der Waals surface area contributed by atoms with Gasteiger partial charge in [0.05, 0.1) is 4.92 Å². The molecule has 0 saturated carbocycles. The molecule has 0 saturated heterocycles. The van der Waals surface area contributed by atoms with Gasteiger partial charge in [0, 0.05) is 18.6 Å². The van der Waals surface area contributed by atoms with Gasteiger partial charge in [0.2, 0.25) is 0 Å². The van der Waals surface area contributed by atoms with Gasteiger partial charge in [0.25, 0.3) is 11.6 Å². The van der Waals surface area contributed by atoms with Gasteiger partial charge in [-0.25, -0.2) is 0 Å². The van der Waals surface area contributed by atoms with E-state index in [0.717, 1.165) is 24.8 Å². The number of unbranched alkanes of at least 4 members (excludes halogenated alkanes) is 2. The molecule has 0 aliphatic carbocycles. The molecule has 0 aliphatic heterocycles. The predicted molar refractivity (Wildman–Crippen MR) is 67.6 cm³/mol. The largest absolute Gasteiger partial charge is 0.359 e. The van der Waals surface area contributed by atoms with Crippen molar-refractivity contribution in [1.82, 2.24) is 0 Å². The highest BCUT2D eigenvalue weighted by Gasteiger charge is 2.04. The average molecular weight is 246 g/mol. The number of carbonyl (C=O) groups excluding carboxylic acids is 1. The first kappa shape index (κ1) is 13.7. The minimum atomic E-state index is -0.617. The van der Waals surface area contributed by atoms with Crippen LogP contribution in [0.3, 0.4) is 0 Å². The Bertz CT molecular complexity index is 500. The number of non-ortho nitro benzene ring substituents is 1. The van der Waals surface area contributed by atoms with Crippen molar-refractivity contribution >= 4 is 11.6 Å². The van der Waals surface area contributed by atoms with Gasteiger partial charge in [-0.05, 0) is 30.7 Å². The quantitative estimate of drug-likeness (QED) is 0.372. The van der Waals surface area contributed by atoms with E-state index < -0.39 is 10.8 Å². The van der Waals surface area contributed by atoms with Gasteiger partial charge < -0.3 is 5.73 Å². The minimum Gasteiger partial charge on any atom is -0.359 e. The van der Waals surface area contributed by atoms with Crippen LogP contribution >= 0.6 is 0 Å². The number of aryl methyl sites for hydroxylation is 1. The summed E-state index contributed by atoms with van der Waals surface area (Å²) in [7, 11) is 0. The Morgan fingerprint density at radius 3 is 2.83 bits per heavy atom. The second-order valence-electron chi connectivity index (χ2n) is 3.80. The first-order chi connectivity index (χ1) is 8.59. The molecule has 0 atom stereocenters. The molecule has 2 N–H and O–H groups in total.